The van der Waals surface area contributed by atoms with Crippen molar-refractivity contribution in [2.45, 2.75) is 19.4 Å². The third-order valence-corrected chi connectivity index (χ3v) is 5.66. The standard InChI is InChI=1S/C24H23ClN2O2/c1-16-15-20(29-2)11-12-22(16)26-24(28)27-14-13-17-5-3-4-6-21(17)23(27)18-7-9-19(25)10-8-18/h3-12,15,23H,13-14H2,1-2H3,(H,26,28)/t23-/m0/s1. The summed E-state index contributed by atoms with van der Waals surface area (Å²) in [5.74, 6) is 0.770. The van der Waals surface area contributed by atoms with E-state index >= 15 is 0 Å². The molecule has 0 fully saturated rings. The lowest BCUT2D eigenvalue weighted by Gasteiger charge is -2.37. The van der Waals surface area contributed by atoms with Crippen LogP contribution in [0.4, 0.5) is 10.5 Å². The Bertz CT molecular complexity index is 1030. The fraction of sp³-hybridized carbons (Fsp3) is 0.208. The number of fused-ring (bicyclic) bond motifs is 1. The minimum atomic E-state index is -0.157. The molecule has 0 saturated carbocycles. The summed E-state index contributed by atoms with van der Waals surface area (Å²) < 4.78 is 5.26. The molecule has 3 aromatic rings. The summed E-state index contributed by atoms with van der Waals surface area (Å²) in [5, 5.41) is 3.76. The summed E-state index contributed by atoms with van der Waals surface area (Å²) in [7, 11) is 1.63. The molecular weight excluding hydrogens is 384 g/mol. The number of nitrogens with one attached hydrogen (secondary N) is 1. The van der Waals surface area contributed by atoms with Gasteiger partial charge in [-0.05, 0) is 65.9 Å². The highest BCUT2D eigenvalue weighted by molar-refractivity contribution is 6.30. The molecule has 3 aromatic carbocycles. The molecule has 1 aliphatic heterocycles. The fourth-order valence-corrected chi connectivity index (χ4v) is 4.01. The average Bonchev–Trinajstić information content (AvgIpc) is 2.75. The highest BCUT2D eigenvalue weighted by Gasteiger charge is 2.32. The van der Waals surface area contributed by atoms with E-state index in [1.807, 2.05) is 66.4 Å². The van der Waals surface area contributed by atoms with E-state index in [4.69, 9.17) is 16.3 Å². The number of hydrogen-bond acceptors (Lipinski definition) is 2. The van der Waals surface area contributed by atoms with Crippen LogP contribution in [0.25, 0.3) is 0 Å². The average molecular weight is 407 g/mol. The highest BCUT2D eigenvalue weighted by atomic mass is 35.5. The van der Waals surface area contributed by atoms with Gasteiger partial charge in [0.1, 0.15) is 5.75 Å². The van der Waals surface area contributed by atoms with Crippen molar-refractivity contribution in [3.05, 3.63) is 94.0 Å². The van der Waals surface area contributed by atoms with Gasteiger partial charge in [-0.1, -0.05) is 48.0 Å². The largest absolute Gasteiger partial charge is 0.497 e. The number of ether oxygens (including phenoxy) is 1. The van der Waals surface area contributed by atoms with Crippen molar-refractivity contribution in [3.63, 3.8) is 0 Å². The molecule has 0 aromatic heterocycles. The van der Waals surface area contributed by atoms with E-state index in [0.29, 0.717) is 11.6 Å². The second-order valence-electron chi connectivity index (χ2n) is 7.21. The molecule has 0 spiro atoms. The Morgan fingerprint density at radius 1 is 1.10 bits per heavy atom. The first-order valence-corrected chi connectivity index (χ1v) is 10.00. The van der Waals surface area contributed by atoms with Crippen LogP contribution in [0.1, 0.15) is 28.3 Å². The molecule has 29 heavy (non-hydrogen) atoms. The van der Waals surface area contributed by atoms with Gasteiger partial charge in [0.2, 0.25) is 0 Å². The van der Waals surface area contributed by atoms with E-state index in [1.165, 1.54) is 5.56 Å². The number of rotatable bonds is 3. The lowest BCUT2D eigenvalue weighted by Crippen LogP contribution is -2.43. The van der Waals surface area contributed by atoms with Gasteiger partial charge in [-0.25, -0.2) is 4.79 Å². The van der Waals surface area contributed by atoms with Gasteiger partial charge in [0.25, 0.3) is 0 Å². The van der Waals surface area contributed by atoms with Crippen molar-refractivity contribution < 1.29 is 9.53 Å². The summed E-state index contributed by atoms with van der Waals surface area (Å²) in [4.78, 5) is 15.2. The fourth-order valence-electron chi connectivity index (χ4n) is 3.88. The van der Waals surface area contributed by atoms with Crippen LogP contribution in [0, 0.1) is 6.92 Å². The maximum absolute atomic E-state index is 13.3. The van der Waals surface area contributed by atoms with Crippen LogP contribution >= 0.6 is 11.6 Å². The number of hydrogen-bond donors (Lipinski definition) is 1. The second kappa shape index (κ2) is 8.18. The monoisotopic (exact) mass is 406 g/mol. The molecule has 1 atom stereocenters. The molecule has 1 N–H and O–H groups in total. The lowest BCUT2D eigenvalue weighted by molar-refractivity contribution is 0.194. The van der Waals surface area contributed by atoms with Crippen LogP contribution < -0.4 is 10.1 Å². The predicted octanol–water partition coefficient (Wildman–Crippen LogP) is 5.84. The van der Waals surface area contributed by atoms with Crippen LogP contribution in [0.5, 0.6) is 5.75 Å². The second-order valence-corrected chi connectivity index (χ2v) is 7.64. The first-order chi connectivity index (χ1) is 14.1. The van der Waals surface area contributed by atoms with Crippen LogP contribution in [0.15, 0.2) is 66.7 Å². The van der Waals surface area contributed by atoms with E-state index in [0.717, 1.165) is 34.5 Å². The Morgan fingerprint density at radius 2 is 1.86 bits per heavy atom. The van der Waals surface area contributed by atoms with Crippen LogP contribution in [0.3, 0.4) is 0 Å². The maximum atomic E-state index is 13.3. The van der Waals surface area contributed by atoms with Gasteiger partial charge < -0.3 is 15.0 Å². The van der Waals surface area contributed by atoms with Crippen molar-refractivity contribution in [2.24, 2.45) is 0 Å². The van der Waals surface area contributed by atoms with Crippen molar-refractivity contribution >= 4 is 23.3 Å². The third kappa shape index (κ3) is 3.94. The molecule has 0 radical (unpaired) electrons. The number of urea groups is 1. The number of carbonyl (C=O) groups is 1. The number of methoxy groups -OCH3 is 1. The summed E-state index contributed by atoms with van der Waals surface area (Å²) >= 11 is 6.10. The number of carbonyl (C=O) groups excluding carboxylic acids is 1. The highest BCUT2D eigenvalue weighted by Crippen LogP contribution is 2.36. The molecule has 2 amide bonds. The van der Waals surface area contributed by atoms with Crippen molar-refractivity contribution in [3.8, 4) is 5.75 Å². The SMILES string of the molecule is COc1ccc(NC(=O)N2CCc3ccccc3[C@@H]2c2ccc(Cl)cc2)c(C)c1. The zero-order valence-corrected chi connectivity index (χ0v) is 17.2. The first-order valence-electron chi connectivity index (χ1n) is 9.62. The molecule has 0 aliphatic carbocycles. The molecule has 4 nitrogen and oxygen atoms in total. The Hall–Kier alpha value is -2.98. The Balaban J connectivity index is 1.67. The van der Waals surface area contributed by atoms with Crippen LogP contribution in [-0.2, 0) is 6.42 Å². The molecule has 4 rings (SSSR count). The van der Waals surface area contributed by atoms with Gasteiger partial charge in [0.05, 0.1) is 13.2 Å². The van der Waals surface area contributed by atoms with Gasteiger partial charge in [0.15, 0.2) is 0 Å². The molecular formula is C24H23ClN2O2. The smallest absolute Gasteiger partial charge is 0.322 e. The van der Waals surface area contributed by atoms with Crippen LogP contribution in [0.2, 0.25) is 5.02 Å². The zero-order valence-electron chi connectivity index (χ0n) is 16.5. The Morgan fingerprint density at radius 3 is 2.59 bits per heavy atom. The minimum Gasteiger partial charge on any atom is -0.497 e. The number of anilines is 1. The van der Waals surface area contributed by atoms with Gasteiger partial charge in [-0.15, -0.1) is 0 Å². The van der Waals surface area contributed by atoms with E-state index in [2.05, 4.69) is 17.4 Å². The van der Waals surface area contributed by atoms with Gasteiger partial charge in [-0.3, -0.25) is 0 Å². The van der Waals surface area contributed by atoms with Crippen molar-refractivity contribution in [1.29, 1.82) is 0 Å². The molecule has 1 aliphatic rings. The predicted molar refractivity (Wildman–Crippen MR) is 117 cm³/mol. The molecule has 1 heterocycles. The van der Waals surface area contributed by atoms with Crippen LogP contribution in [-0.4, -0.2) is 24.6 Å². The lowest BCUT2D eigenvalue weighted by atomic mass is 9.88. The maximum Gasteiger partial charge on any atom is 0.322 e. The topological polar surface area (TPSA) is 41.6 Å². The summed E-state index contributed by atoms with van der Waals surface area (Å²) in [6.07, 6.45) is 0.829. The van der Waals surface area contributed by atoms with Crippen molar-refractivity contribution in [1.82, 2.24) is 4.90 Å². The molecule has 0 bridgehead atoms. The van der Waals surface area contributed by atoms with E-state index in [9.17, 15) is 4.79 Å². The number of benzene rings is 3. The molecule has 148 valence electrons. The van der Waals surface area contributed by atoms with E-state index in [-0.39, 0.29) is 12.1 Å². The summed E-state index contributed by atoms with van der Waals surface area (Å²) in [5.41, 5.74) is 5.21. The Kier molecular flexibility index (Phi) is 5.45. The molecule has 5 heteroatoms. The van der Waals surface area contributed by atoms with Gasteiger partial charge >= 0.3 is 6.03 Å². The Labute approximate surface area is 176 Å². The first kappa shape index (κ1) is 19.3. The minimum absolute atomic E-state index is 0.118. The van der Waals surface area contributed by atoms with Gasteiger partial charge in [0, 0.05) is 17.3 Å². The van der Waals surface area contributed by atoms with Crippen molar-refractivity contribution in [2.75, 3.05) is 19.0 Å². The number of halogens is 1. The quantitative estimate of drug-likeness (QED) is 0.593. The number of aryl methyl sites for hydroxylation is 1. The van der Waals surface area contributed by atoms with E-state index in [1.54, 1.807) is 7.11 Å². The summed E-state index contributed by atoms with van der Waals surface area (Å²) in [6, 6.07) is 21.4. The number of nitrogens with zero attached hydrogens (tertiary/aromatic N) is 1. The summed E-state index contributed by atoms with van der Waals surface area (Å²) in [6.45, 7) is 2.60. The normalized spacial score (nSPS) is 15.6. The van der Waals surface area contributed by atoms with E-state index < -0.39 is 0 Å². The van der Waals surface area contributed by atoms with Gasteiger partial charge in [-0.2, -0.15) is 0 Å². The molecule has 0 saturated heterocycles. The molecule has 0 unspecified atom stereocenters. The third-order valence-electron chi connectivity index (χ3n) is 5.41. The number of amides is 2. The zero-order chi connectivity index (χ0) is 20.4.